The third-order valence-corrected chi connectivity index (χ3v) is 20.6. The number of allylic oxidation sites excluding steroid dienone is 22. The number of phosphoric acid groups is 1. The number of carbonyl (C=O) groups excluding carboxylic acids is 2. The Labute approximate surface area is 657 Å². The number of nitrogens with zero attached hydrogens (tertiary/aromatic N) is 1. The second kappa shape index (κ2) is 85.2. The van der Waals surface area contributed by atoms with Crippen molar-refractivity contribution in [3.63, 3.8) is 0 Å². The molecule has 0 aromatic rings. The average Bonchev–Trinajstić information content (AvgIpc) is 0.908. The first kappa shape index (κ1) is 102. The van der Waals surface area contributed by atoms with Crippen LogP contribution in [0.1, 0.15) is 412 Å². The molecule has 0 aliphatic heterocycles. The first-order valence-electron chi connectivity index (χ1n) is 44.9. The van der Waals surface area contributed by atoms with Gasteiger partial charge in [-0.05, 0) is 116 Å². The molecule has 0 rings (SSSR count). The fourth-order valence-corrected chi connectivity index (χ4v) is 13.6. The van der Waals surface area contributed by atoms with Crippen molar-refractivity contribution in [2.45, 2.75) is 418 Å². The first-order valence-corrected chi connectivity index (χ1v) is 46.4. The van der Waals surface area contributed by atoms with Gasteiger partial charge in [0, 0.05) is 12.8 Å². The maximum Gasteiger partial charge on any atom is 0.472 e. The van der Waals surface area contributed by atoms with E-state index in [0.29, 0.717) is 17.4 Å². The minimum Gasteiger partial charge on any atom is -0.462 e. The third kappa shape index (κ3) is 89.0. The molecule has 10 heteroatoms. The number of carbonyl (C=O) groups is 2. The molecule has 0 saturated carbocycles. The second-order valence-corrected chi connectivity index (χ2v) is 32.7. The lowest BCUT2D eigenvalue weighted by molar-refractivity contribution is -0.870. The lowest BCUT2D eigenvalue weighted by atomic mass is 10.0. The maximum absolute atomic E-state index is 13.0. The molecule has 1 N–H and O–H groups in total. The number of quaternary nitrogens is 1. The molecule has 0 bridgehead atoms. The standard InChI is InChI=1S/C96H170NO8P/c1-6-8-10-12-14-16-18-20-22-24-26-28-30-32-34-36-38-40-42-44-46-48-50-52-54-56-58-60-62-64-66-68-70-72-74-76-78-80-82-84-86-88-95(98)102-92-94(93-104-106(100,101)103-91-90-97(3,4)5)105-96(99)89-87-85-83-81-79-77-75-73-71-69-67-65-63-61-59-57-55-53-51-49-47-45-43-41-39-37-35-33-31-29-27-25-23-21-19-17-15-13-11-9-7-2/h9,11,15,17-18,20-21,23-24,26-27,29-30,32-33,35,39,41,45,47,51,53,94H,6-8,10,12-14,16,19,22,25,28,31,34,36-38,40,42-44,46,48-50,52,54-93H2,1-5H3/p+1/b11-9-,17-15-,20-18-,23-21-,26-24-,29-27-,32-30-,35-33-,41-39-,47-45-,53-51-. The fraction of sp³-hybridized carbons (Fsp3) is 0.750. The second-order valence-electron chi connectivity index (χ2n) is 31.3. The van der Waals surface area contributed by atoms with Crippen molar-refractivity contribution < 1.29 is 42.1 Å². The van der Waals surface area contributed by atoms with Crippen LogP contribution in [0.2, 0.25) is 0 Å². The molecule has 0 aromatic carbocycles. The quantitative estimate of drug-likeness (QED) is 0.0211. The largest absolute Gasteiger partial charge is 0.472 e. The van der Waals surface area contributed by atoms with E-state index in [4.69, 9.17) is 18.5 Å². The van der Waals surface area contributed by atoms with Crippen molar-refractivity contribution in [3.05, 3.63) is 134 Å². The van der Waals surface area contributed by atoms with E-state index in [0.717, 1.165) is 103 Å². The Balaban J connectivity index is 3.90. The molecule has 0 aliphatic carbocycles. The smallest absolute Gasteiger partial charge is 0.462 e. The molecule has 0 heterocycles. The topological polar surface area (TPSA) is 108 Å². The van der Waals surface area contributed by atoms with Crippen molar-refractivity contribution in [1.29, 1.82) is 0 Å². The lowest BCUT2D eigenvalue weighted by Gasteiger charge is -2.24. The van der Waals surface area contributed by atoms with Gasteiger partial charge >= 0.3 is 19.8 Å². The van der Waals surface area contributed by atoms with E-state index in [2.05, 4.69) is 148 Å². The van der Waals surface area contributed by atoms with Crippen LogP contribution in [0.3, 0.4) is 0 Å². The van der Waals surface area contributed by atoms with Gasteiger partial charge in [0.1, 0.15) is 19.8 Å². The summed E-state index contributed by atoms with van der Waals surface area (Å²) < 4.78 is 34.9. The molecule has 0 amide bonds. The predicted molar refractivity (Wildman–Crippen MR) is 464 cm³/mol. The minimum atomic E-state index is -4.40. The van der Waals surface area contributed by atoms with Crippen molar-refractivity contribution in [2.24, 2.45) is 0 Å². The molecule has 106 heavy (non-hydrogen) atoms. The van der Waals surface area contributed by atoms with E-state index in [-0.39, 0.29) is 32.0 Å². The molecule has 0 aromatic heterocycles. The van der Waals surface area contributed by atoms with E-state index >= 15 is 0 Å². The molecule has 612 valence electrons. The Hall–Kier alpha value is -3.85. The van der Waals surface area contributed by atoms with Gasteiger partial charge in [-0.2, -0.15) is 0 Å². The monoisotopic (exact) mass is 1500 g/mol. The number of hydrogen-bond donors (Lipinski definition) is 1. The van der Waals surface area contributed by atoms with E-state index in [1.165, 1.54) is 276 Å². The number of likely N-dealkylation sites (N-methyl/N-ethyl adjacent to an activating group) is 1. The first-order chi connectivity index (χ1) is 52.0. The van der Waals surface area contributed by atoms with Gasteiger partial charge in [-0.3, -0.25) is 18.6 Å². The van der Waals surface area contributed by atoms with Crippen LogP contribution in [0.5, 0.6) is 0 Å². The highest BCUT2D eigenvalue weighted by atomic mass is 31.2. The predicted octanol–water partition coefficient (Wildman–Crippen LogP) is 30.6. The van der Waals surface area contributed by atoms with Gasteiger partial charge in [0.15, 0.2) is 6.10 Å². The van der Waals surface area contributed by atoms with E-state index in [1.807, 2.05) is 21.1 Å². The van der Waals surface area contributed by atoms with Crippen LogP contribution in [-0.4, -0.2) is 74.9 Å². The van der Waals surface area contributed by atoms with Crippen LogP contribution in [0, 0.1) is 0 Å². The Kier molecular flexibility index (Phi) is 82.1. The SMILES string of the molecule is CC/C=C\C/C=C\C/C=C\C/C=C\C/C=C\C/C=C\C/C=C\C/C=C\CCCCCCCCCCCCCCCCCCC(=O)OC(COC(=O)CCCCCCCCCCCCCCCCCCCCCCCCCCCC/C=C\C/C=C\C/C=C\CCCCCCC)COP(=O)(O)OCC[N+](C)(C)C. The fourth-order valence-electron chi connectivity index (χ4n) is 12.9. The van der Waals surface area contributed by atoms with E-state index < -0.39 is 26.5 Å². The Morgan fingerprint density at radius 2 is 0.538 bits per heavy atom. The minimum absolute atomic E-state index is 0.0301. The van der Waals surface area contributed by atoms with Crippen LogP contribution in [0.4, 0.5) is 0 Å². The summed E-state index contributed by atoms with van der Waals surface area (Å²) in [6, 6.07) is 0. The number of unbranched alkanes of at least 4 members (excludes halogenated alkanes) is 47. The third-order valence-electron chi connectivity index (χ3n) is 19.7. The summed E-state index contributed by atoms with van der Waals surface area (Å²) in [6.07, 6.45) is 125. The zero-order valence-corrected chi connectivity index (χ0v) is 71.0. The summed E-state index contributed by atoms with van der Waals surface area (Å²) in [5, 5.41) is 0. The highest BCUT2D eigenvalue weighted by Crippen LogP contribution is 2.43. The van der Waals surface area contributed by atoms with Crippen molar-refractivity contribution in [1.82, 2.24) is 0 Å². The molecule has 0 saturated heterocycles. The van der Waals surface area contributed by atoms with Crippen LogP contribution < -0.4 is 0 Å². The van der Waals surface area contributed by atoms with Gasteiger partial charge < -0.3 is 18.9 Å². The highest BCUT2D eigenvalue weighted by Gasteiger charge is 2.27. The Bertz CT molecular complexity index is 2260. The summed E-state index contributed by atoms with van der Waals surface area (Å²) in [5.74, 6) is -0.782. The van der Waals surface area contributed by atoms with Crippen LogP contribution in [-0.2, 0) is 32.7 Å². The van der Waals surface area contributed by atoms with Gasteiger partial charge in [-0.1, -0.05) is 417 Å². The van der Waals surface area contributed by atoms with Crippen LogP contribution >= 0.6 is 7.82 Å². The maximum atomic E-state index is 13.0. The van der Waals surface area contributed by atoms with Gasteiger partial charge in [-0.25, -0.2) is 4.57 Å². The van der Waals surface area contributed by atoms with Gasteiger partial charge in [0.25, 0.3) is 0 Å². The highest BCUT2D eigenvalue weighted by molar-refractivity contribution is 7.47. The number of phosphoric ester groups is 1. The van der Waals surface area contributed by atoms with Gasteiger partial charge in [0.2, 0.25) is 0 Å². The normalized spacial score (nSPS) is 13.6. The zero-order chi connectivity index (χ0) is 76.8. The van der Waals surface area contributed by atoms with Crippen molar-refractivity contribution in [2.75, 3.05) is 47.5 Å². The number of hydrogen-bond acceptors (Lipinski definition) is 7. The molecule has 2 atom stereocenters. The molecular formula is C96H171NO8P+. The summed E-state index contributed by atoms with van der Waals surface area (Å²) >= 11 is 0. The molecule has 0 aliphatic rings. The van der Waals surface area contributed by atoms with Crippen LogP contribution in [0.15, 0.2) is 134 Å². The van der Waals surface area contributed by atoms with Crippen molar-refractivity contribution >= 4 is 19.8 Å². The van der Waals surface area contributed by atoms with Gasteiger partial charge in [0.05, 0.1) is 27.7 Å². The Morgan fingerprint density at radius 1 is 0.302 bits per heavy atom. The lowest BCUT2D eigenvalue weighted by Crippen LogP contribution is -2.37. The average molecular weight is 1500 g/mol. The van der Waals surface area contributed by atoms with E-state index in [1.54, 1.807) is 0 Å². The molecule has 2 unspecified atom stereocenters. The summed E-state index contributed by atoms with van der Waals surface area (Å²) in [5.41, 5.74) is 0. The van der Waals surface area contributed by atoms with Crippen LogP contribution in [0.25, 0.3) is 0 Å². The number of rotatable bonds is 83. The summed E-state index contributed by atoms with van der Waals surface area (Å²) in [7, 11) is 1.49. The summed E-state index contributed by atoms with van der Waals surface area (Å²) in [4.78, 5) is 36.1. The molecule has 9 nitrogen and oxygen atoms in total. The Morgan fingerprint density at radius 3 is 0.802 bits per heavy atom. The molecule has 0 spiro atoms. The van der Waals surface area contributed by atoms with E-state index in [9.17, 15) is 19.0 Å². The molecular weight excluding hydrogens is 1330 g/mol. The summed E-state index contributed by atoms with van der Waals surface area (Å²) in [6.45, 7) is 4.35. The molecule has 0 fully saturated rings. The number of esters is 2. The molecule has 0 radical (unpaired) electrons. The van der Waals surface area contributed by atoms with Gasteiger partial charge in [-0.15, -0.1) is 0 Å². The zero-order valence-electron chi connectivity index (χ0n) is 70.1. The van der Waals surface area contributed by atoms with Crippen molar-refractivity contribution in [3.8, 4) is 0 Å². The number of ether oxygens (including phenoxy) is 2.